The fraction of sp³-hybridized carbons (Fsp3) is 0.281. The summed E-state index contributed by atoms with van der Waals surface area (Å²) in [5, 5.41) is 13.6. The third kappa shape index (κ3) is 8.03. The summed E-state index contributed by atoms with van der Waals surface area (Å²) in [6.45, 7) is 0.763. The largest absolute Gasteiger partial charge is 0.477 e. The van der Waals surface area contributed by atoms with Crippen LogP contribution in [0.15, 0.2) is 83.3 Å². The van der Waals surface area contributed by atoms with Gasteiger partial charge in [-0.15, -0.1) is 0 Å². The molecule has 0 saturated carbocycles. The van der Waals surface area contributed by atoms with Gasteiger partial charge in [0.25, 0.3) is 5.91 Å². The Morgan fingerprint density at radius 1 is 0.976 bits per heavy atom. The maximum absolute atomic E-state index is 13.6. The molecule has 1 unspecified atom stereocenters. The van der Waals surface area contributed by atoms with E-state index in [1.807, 2.05) is 60.8 Å². The monoisotopic (exact) mass is 639 g/mol. The van der Waals surface area contributed by atoms with Gasteiger partial charge in [-0.1, -0.05) is 58.4 Å². The molecular formula is C32H32BrF2N3O4. The molecule has 3 aromatic carbocycles. The van der Waals surface area contributed by atoms with Crippen LogP contribution in [-0.2, 0) is 11.3 Å². The van der Waals surface area contributed by atoms with E-state index in [9.17, 15) is 23.2 Å². The zero-order valence-corrected chi connectivity index (χ0v) is 24.7. The third-order valence-corrected chi connectivity index (χ3v) is 7.67. The number of nitrogens with zero attached hydrogens (tertiary/aromatic N) is 1. The van der Waals surface area contributed by atoms with E-state index in [0.29, 0.717) is 11.3 Å². The molecule has 3 amide bonds. The van der Waals surface area contributed by atoms with Crippen molar-refractivity contribution in [2.75, 3.05) is 11.4 Å². The molecule has 3 aromatic rings. The number of anilines is 1. The van der Waals surface area contributed by atoms with E-state index in [4.69, 9.17) is 5.11 Å². The number of rotatable bonds is 10. The maximum atomic E-state index is 13.6. The first-order chi connectivity index (χ1) is 20.0. The van der Waals surface area contributed by atoms with Crippen molar-refractivity contribution in [2.45, 2.75) is 51.1 Å². The minimum atomic E-state index is -4.07. The number of carbonyl (C=O) groups is 3. The molecule has 4 rings (SSSR count). The van der Waals surface area contributed by atoms with Crippen molar-refractivity contribution < 1.29 is 28.3 Å². The van der Waals surface area contributed by atoms with Gasteiger partial charge in [-0.3, -0.25) is 9.69 Å². The summed E-state index contributed by atoms with van der Waals surface area (Å²) in [6, 6.07) is 21.1. The second-order valence-corrected chi connectivity index (χ2v) is 11.1. The van der Waals surface area contributed by atoms with Crippen LogP contribution in [0.5, 0.6) is 0 Å². The number of aliphatic carboxylic acids is 1. The van der Waals surface area contributed by atoms with Crippen molar-refractivity contribution in [3.8, 4) is 0 Å². The van der Waals surface area contributed by atoms with Crippen LogP contribution in [-0.4, -0.2) is 35.5 Å². The molecule has 0 heterocycles. The van der Waals surface area contributed by atoms with Crippen LogP contribution in [0.2, 0.25) is 0 Å². The molecule has 1 atom stereocenters. The number of carboxylic acid groups (broad SMARTS) is 1. The molecule has 0 fully saturated rings. The van der Waals surface area contributed by atoms with Gasteiger partial charge in [-0.2, -0.15) is 8.78 Å². The summed E-state index contributed by atoms with van der Waals surface area (Å²) in [7, 11) is 0. The van der Waals surface area contributed by atoms with Gasteiger partial charge in [0.15, 0.2) is 0 Å². The van der Waals surface area contributed by atoms with Gasteiger partial charge >= 0.3 is 17.9 Å². The van der Waals surface area contributed by atoms with Crippen LogP contribution >= 0.6 is 15.9 Å². The first-order valence-electron chi connectivity index (χ1n) is 13.6. The van der Waals surface area contributed by atoms with Gasteiger partial charge in [-0.25, -0.2) is 9.59 Å². The Labute approximate surface area is 251 Å². The predicted octanol–water partition coefficient (Wildman–Crippen LogP) is 7.33. The van der Waals surface area contributed by atoms with Crippen LogP contribution < -0.4 is 15.5 Å². The summed E-state index contributed by atoms with van der Waals surface area (Å²) in [4.78, 5) is 38.1. The molecular weight excluding hydrogens is 608 g/mol. The van der Waals surface area contributed by atoms with Gasteiger partial charge in [0.05, 0.1) is 19.1 Å². The normalized spacial score (nSPS) is 14.0. The average Bonchev–Trinajstić information content (AvgIpc) is 2.99. The van der Waals surface area contributed by atoms with Gasteiger partial charge in [0.2, 0.25) is 0 Å². The zero-order valence-electron chi connectivity index (χ0n) is 23.1. The molecule has 0 spiro atoms. The molecule has 0 bridgehead atoms. The average molecular weight is 641 g/mol. The number of allylic oxidation sites excluding steroid dienone is 2. The van der Waals surface area contributed by atoms with E-state index in [0.717, 1.165) is 34.9 Å². The molecule has 1 aliphatic carbocycles. The number of alkyl halides is 2. The topological polar surface area (TPSA) is 98.7 Å². The molecule has 7 nitrogen and oxygen atoms in total. The van der Waals surface area contributed by atoms with Crippen molar-refractivity contribution in [1.82, 2.24) is 10.6 Å². The van der Waals surface area contributed by atoms with Crippen molar-refractivity contribution in [3.63, 3.8) is 0 Å². The maximum Gasteiger partial charge on any atom is 0.376 e. The summed E-state index contributed by atoms with van der Waals surface area (Å²) in [5.41, 5.74) is 4.86. The molecule has 0 saturated heterocycles. The number of benzene rings is 3. The molecule has 0 radical (unpaired) electrons. The number of hydrogen-bond donors (Lipinski definition) is 3. The Morgan fingerprint density at radius 3 is 2.24 bits per heavy atom. The lowest BCUT2D eigenvalue weighted by atomic mass is 9.93. The molecule has 220 valence electrons. The van der Waals surface area contributed by atoms with Crippen LogP contribution in [0.25, 0.3) is 5.57 Å². The highest BCUT2D eigenvalue weighted by molar-refractivity contribution is 9.10. The fourth-order valence-corrected chi connectivity index (χ4v) is 4.91. The Kier molecular flexibility index (Phi) is 10.1. The van der Waals surface area contributed by atoms with Gasteiger partial charge in [-0.05, 0) is 91.3 Å². The highest BCUT2D eigenvalue weighted by Gasteiger charge is 2.39. The summed E-state index contributed by atoms with van der Waals surface area (Å²) in [6.07, 6.45) is 6.72. The predicted molar refractivity (Wildman–Crippen MR) is 162 cm³/mol. The Bertz CT molecular complexity index is 1440. The van der Waals surface area contributed by atoms with E-state index in [1.54, 1.807) is 17.0 Å². The second-order valence-electron chi connectivity index (χ2n) is 10.2. The van der Waals surface area contributed by atoms with Crippen LogP contribution in [0, 0.1) is 0 Å². The number of urea groups is 1. The quantitative estimate of drug-likeness (QED) is 0.216. The van der Waals surface area contributed by atoms with Crippen LogP contribution in [0.4, 0.5) is 19.3 Å². The Morgan fingerprint density at radius 2 is 1.64 bits per heavy atom. The number of hydrogen-bond acceptors (Lipinski definition) is 3. The standard InChI is InChI=1S/C32H32BrF2N3O4/c1-21(23-11-15-27(33)16-12-23)37-31(42)38(28-17-13-25(14-18-28)24-5-3-2-4-6-24)19-22-7-9-26(10-8-22)29(39)36-20-32(34,35)30(40)41/h5,7-18,21H,2-4,6,19-20H2,1H3,(H,36,39)(H,37,42)(H,40,41). The van der Waals surface area contributed by atoms with Crippen LogP contribution in [0.1, 0.15) is 65.7 Å². The van der Waals surface area contributed by atoms with Crippen molar-refractivity contribution >= 4 is 45.1 Å². The number of amides is 3. The van der Waals surface area contributed by atoms with E-state index in [-0.39, 0.29) is 24.2 Å². The third-order valence-electron chi connectivity index (χ3n) is 7.14. The summed E-state index contributed by atoms with van der Waals surface area (Å²) < 4.78 is 27.6. The van der Waals surface area contributed by atoms with Crippen molar-refractivity contribution in [1.29, 1.82) is 0 Å². The summed E-state index contributed by atoms with van der Waals surface area (Å²) >= 11 is 3.43. The minimum absolute atomic E-state index is 0.0879. The number of halogens is 3. The van der Waals surface area contributed by atoms with Crippen molar-refractivity contribution in [3.05, 3.63) is 106 Å². The van der Waals surface area contributed by atoms with Gasteiger partial charge in [0, 0.05) is 15.7 Å². The first-order valence-corrected chi connectivity index (χ1v) is 14.4. The molecule has 1 aliphatic rings. The molecule has 0 aliphatic heterocycles. The van der Waals surface area contributed by atoms with Crippen molar-refractivity contribution in [2.24, 2.45) is 0 Å². The van der Waals surface area contributed by atoms with E-state index in [1.165, 1.54) is 24.1 Å². The molecule has 3 N–H and O–H groups in total. The molecule has 42 heavy (non-hydrogen) atoms. The minimum Gasteiger partial charge on any atom is -0.477 e. The lowest BCUT2D eigenvalue weighted by Gasteiger charge is -2.26. The zero-order chi connectivity index (χ0) is 30.3. The smallest absolute Gasteiger partial charge is 0.376 e. The number of nitrogens with one attached hydrogen (secondary N) is 2. The lowest BCUT2D eigenvalue weighted by Crippen LogP contribution is -2.42. The highest BCUT2D eigenvalue weighted by Crippen LogP contribution is 2.29. The molecule has 10 heteroatoms. The highest BCUT2D eigenvalue weighted by atomic mass is 79.9. The number of carboxylic acids is 1. The van der Waals surface area contributed by atoms with Gasteiger partial charge in [0.1, 0.15) is 0 Å². The van der Waals surface area contributed by atoms with E-state index in [2.05, 4.69) is 27.3 Å². The molecule has 0 aromatic heterocycles. The fourth-order valence-electron chi connectivity index (χ4n) is 4.65. The first kappa shape index (κ1) is 30.9. The van der Waals surface area contributed by atoms with E-state index < -0.39 is 24.3 Å². The lowest BCUT2D eigenvalue weighted by molar-refractivity contribution is -0.163. The Balaban J connectivity index is 1.52. The summed E-state index contributed by atoms with van der Waals surface area (Å²) in [5.74, 6) is -7.21. The van der Waals surface area contributed by atoms with E-state index >= 15 is 0 Å². The Hall–Kier alpha value is -4.05. The number of carbonyl (C=O) groups excluding carboxylic acids is 2. The van der Waals surface area contributed by atoms with Gasteiger partial charge < -0.3 is 15.7 Å². The van der Waals surface area contributed by atoms with Crippen LogP contribution in [0.3, 0.4) is 0 Å². The second kappa shape index (κ2) is 13.7. The SMILES string of the molecule is CC(NC(=O)N(Cc1ccc(C(=O)NCC(F)(F)C(=O)O)cc1)c1ccc(C2=CCCCC2)cc1)c1ccc(Br)cc1.